The van der Waals surface area contributed by atoms with Crippen LogP contribution in [-0.4, -0.2) is 38.5 Å². The van der Waals surface area contributed by atoms with E-state index in [0.717, 1.165) is 41.1 Å². The number of benzene rings is 3. The molecule has 1 aliphatic rings. The van der Waals surface area contributed by atoms with E-state index in [4.69, 9.17) is 5.73 Å². The number of aryl methyl sites for hydroxylation is 1. The second-order valence-corrected chi connectivity index (χ2v) is 7.88. The number of nitrogens with zero attached hydrogens (tertiary/aromatic N) is 3. The minimum Gasteiger partial charge on any atom is -0.508 e. The van der Waals surface area contributed by atoms with Gasteiger partial charge in [-0.1, -0.05) is 24.3 Å². The van der Waals surface area contributed by atoms with Crippen LogP contribution in [0.25, 0.3) is 22.2 Å². The van der Waals surface area contributed by atoms with Crippen LogP contribution >= 0.6 is 0 Å². The number of aromatic nitrogens is 2. The summed E-state index contributed by atoms with van der Waals surface area (Å²) in [6, 6.07) is 17.0. The molecule has 33 heavy (non-hydrogen) atoms. The van der Waals surface area contributed by atoms with Crippen molar-refractivity contribution in [3.8, 4) is 22.8 Å². The molecule has 0 fully saturated rings. The van der Waals surface area contributed by atoms with Gasteiger partial charge in [0.1, 0.15) is 11.5 Å². The number of amides is 2. The van der Waals surface area contributed by atoms with Crippen LogP contribution in [0.15, 0.2) is 60.7 Å². The molecule has 0 saturated heterocycles. The largest absolute Gasteiger partial charge is 0.508 e. The maximum Gasteiger partial charge on any atom is 0.286 e. The Labute approximate surface area is 188 Å². The van der Waals surface area contributed by atoms with E-state index in [9.17, 15) is 19.8 Å². The first kappa shape index (κ1) is 20.4. The second-order valence-electron chi connectivity index (χ2n) is 7.88. The highest BCUT2D eigenvalue weighted by Crippen LogP contribution is 2.35. The normalized spacial score (nSPS) is 13.0. The fraction of sp³-hybridized carbons (Fsp3) is 0.120. The van der Waals surface area contributed by atoms with Gasteiger partial charge in [0.2, 0.25) is 5.82 Å². The lowest BCUT2D eigenvalue weighted by Gasteiger charge is -2.30. The number of aromatic hydroxyl groups is 2. The number of hydrogen-bond donors (Lipinski definition) is 3. The van der Waals surface area contributed by atoms with Crippen molar-refractivity contribution in [3.05, 3.63) is 77.6 Å². The van der Waals surface area contributed by atoms with E-state index in [0.29, 0.717) is 17.8 Å². The molecule has 0 spiro atoms. The quantitative estimate of drug-likeness (QED) is 0.448. The van der Waals surface area contributed by atoms with Crippen LogP contribution in [0, 0.1) is 0 Å². The first-order chi connectivity index (χ1) is 15.9. The average molecular weight is 440 g/mol. The minimum absolute atomic E-state index is 0.0546. The van der Waals surface area contributed by atoms with Gasteiger partial charge in [0.15, 0.2) is 0 Å². The molecule has 0 atom stereocenters. The Kier molecular flexibility index (Phi) is 4.90. The minimum atomic E-state index is -0.703. The average Bonchev–Trinajstić information content (AvgIpc) is 2.82. The van der Waals surface area contributed by atoms with E-state index in [1.165, 1.54) is 12.1 Å². The van der Waals surface area contributed by atoms with Crippen LogP contribution in [-0.2, 0) is 6.42 Å². The molecule has 3 aromatic carbocycles. The molecule has 4 N–H and O–H groups in total. The summed E-state index contributed by atoms with van der Waals surface area (Å²) in [4.78, 5) is 35.2. The van der Waals surface area contributed by atoms with Crippen LogP contribution in [0.4, 0.5) is 5.69 Å². The topological polar surface area (TPSA) is 130 Å². The van der Waals surface area contributed by atoms with Gasteiger partial charge >= 0.3 is 0 Å². The molecular weight excluding hydrogens is 420 g/mol. The number of phenols is 2. The smallest absolute Gasteiger partial charge is 0.286 e. The molecule has 8 nitrogen and oxygen atoms in total. The number of para-hydroxylation sites is 1. The van der Waals surface area contributed by atoms with E-state index < -0.39 is 5.91 Å². The highest BCUT2D eigenvalue weighted by Gasteiger charge is 2.26. The maximum absolute atomic E-state index is 13.2. The molecule has 2 heterocycles. The summed E-state index contributed by atoms with van der Waals surface area (Å²) in [5, 5.41) is 20.5. The summed E-state index contributed by atoms with van der Waals surface area (Å²) in [6.45, 7) is 0.508. The SMILES string of the molecule is NC(=O)c1nc(-c2ccc3c(c2)CCCN3C(=O)c2ccc(O)cc2O)c2ccccc2n1. The molecule has 1 aromatic heterocycles. The summed E-state index contributed by atoms with van der Waals surface area (Å²) < 4.78 is 0. The molecule has 4 aromatic rings. The number of hydrogen-bond acceptors (Lipinski definition) is 6. The maximum atomic E-state index is 13.2. The predicted octanol–water partition coefficient (Wildman–Crippen LogP) is 3.40. The number of rotatable bonds is 3. The number of carbonyl (C=O) groups is 2. The van der Waals surface area contributed by atoms with Gasteiger partial charge in [0.25, 0.3) is 11.8 Å². The lowest BCUT2D eigenvalue weighted by Crippen LogP contribution is -2.35. The summed E-state index contributed by atoms with van der Waals surface area (Å²) in [5.74, 6) is -1.48. The molecule has 5 rings (SSSR count). The number of carbonyl (C=O) groups excluding carboxylic acids is 2. The Morgan fingerprint density at radius 1 is 0.970 bits per heavy atom. The first-order valence-electron chi connectivity index (χ1n) is 10.5. The molecule has 0 bridgehead atoms. The Hall–Kier alpha value is -4.46. The number of phenolic OH excluding ortho intramolecular Hbond substituents is 2. The van der Waals surface area contributed by atoms with Gasteiger partial charge in [0.05, 0.1) is 16.8 Å². The van der Waals surface area contributed by atoms with Crippen LogP contribution in [0.3, 0.4) is 0 Å². The number of anilines is 1. The molecular formula is C25H20N4O4. The highest BCUT2D eigenvalue weighted by molar-refractivity contribution is 6.08. The molecule has 1 aliphatic heterocycles. The van der Waals surface area contributed by atoms with Crippen LogP contribution < -0.4 is 10.6 Å². The monoisotopic (exact) mass is 440 g/mol. The third-order valence-electron chi connectivity index (χ3n) is 5.75. The van der Waals surface area contributed by atoms with Crippen molar-refractivity contribution in [1.82, 2.24) is 9.97 Å². The predicted molar refractivity (Wildman–Crippen MR) is 123 cm³/mol. The summed E-state index contributed by atoms with van der Waals surface area (Å²) >= 11 is 0. The zero-order valence-electron chi connectivity index (χ0n) is 17.5. The molecule has 0 unspecified atom stereocenters. The number of primary amides is 1. The van der Waals surface area contributed by atoms with Crippen molar-refractivity contribution < 1.29 is 19.8 Å². The van der Waals surface area contributed by atoms with E-state index in [2.05, 4.69) is 9.97 Å². The van der Waals surface area contributed by atoms with E-state index in [1.807, 2.05) is 36.4 Å². The summed E-state index contributed by atoms with van der Waals surface area (Å²) in [6.07, 6.45) is 1.51. The highest BCUT2D eigenvalue weighted by atomic mass is 16.3. The van der Waals surface area contributed by atoms with Crippen LogP contribution in [0.2, 0.25) is 0 Å². The van der Waals surface area contributed by atoms with Gasteiger partial charge in [-0.15, -0.1) is 0 Å². The van der Waals surface area contributed by atoms with Crippen molar-refractivity contribution in [2.75, 3.05) is 11.4 Å². The molecule has 164 valence electrons. The van der Waals surface area contributed by atoms with E-state index in [1.54, 1.807) is 11.0 Å². The van der Waals surface area contributed by atoms with Crippen molar-refractivity contribution in [1.29, 1.82) is 0 Å². The van der Waals surface area contributed by atoms with Crippen LogP contribution in [0.5, 0.6) is 11.5 Å². The Morgan fingerprint density at radius 2 is 1.79 bits per heavy atom. The van der Waals surface area contributed by atoms with Crippen LogP contribution in [0.1, 0.15) is 33.0 Å². The lowest BCUT2D eigenvalue weighted by atomic mass is 9.96. The van der Waals surface area contributed by atoms with Gasteiger partial charge in [-0.3, -0.25) is 9.59 Å². The molecule has 0 radical (unpaired) electrons. The molecule has 2 amide bonds. The van der Waals surface area contributed by atoms with Crippen molar-refractivity contribution >= 4 is 28.4 Å². The number of fused-ring (bicyclic) bond motifs is 2. The molecule has 0 saturated carbocycles. The van der Waals surface area contributed by atoms with Gasteiger partial charge < -0.3 is 20.8 Å². The van der Waals surface area contributed by atoms with Crippen molar-refractivity contribution in [3.63, 3.8) is 0 Å². The van der Waals surface area contributed by atoms with E-state index >= 15 is 0 Å². The molecule has 0 aliphatic carbocycles. The fourth-order valence-corrected chi connectivity index (χ4v) is 4.21. The molecule has 8 heteroatoms. The van der Waals surface area contributed by atoms with E-state index in [-0.39, 0.29) is 28.8 Å². The standard InChI is InChI=1S/C25H20N4O4/c26-23(32)24-27-19-6-2-1-5-17(19)22(28-24)15-7-10-20-14(12-15)4-3-11-29(20)25(33)18-9-8-16(30)13-21(18)31/h1-2,5-10,12-13,30-31H,3-4,11H2,(H2,26,32). The van der Waals surface area contributed by atoms with Gasteiger partial charge in [-0.25, -0.2) is 9.97 Å². The second kappa shape index (κ2) is 7.90. The van der Waals surface area contributed by atoms with Gasteiger partial charge in [0, 0.05) is 29.2 Å². The Bertz CT molecular complexity index is 1430. The zero-order chi connectivity index (χ0) is 23.1. The zero-order valence-corrected chi connectivity index (χ0v) is 17.5. The Balaban J connectivity index is 1.59. The van der Waals surface area contributed by atoms with Gasteiger partial charge in [-0.2, -0.15) is 0 Å². The Morgan fingerprint density at radius 3 is 2.58 bits per heavy atom. The third kappa shape index (κ3) is 3.61. The first-order valence-corrected chi connectivity index (χ1v) is 10.5. The summed E-state index contributed by atoms with van der Waals surface area (Å²) in [7, 11) is 0. The number of nitrogens with two attached hydrogens (primary N) is 1. The lowest BCUT2D eigenvalue weighted by molar-refractivity contribution is 0.0977. The van der Waals surface area contributed by atoms with Gasteiger partial charge in [-0.05, 0) is 48.7 Å². The summed E-state index contributed by atoms with van der Waals surface area (Å²) in [5.41, 5.74) is 9.27. The van der Waals surface area contributed by atoms with Crippen molar-refractivity contribution in [2.45, 2.75) is 12.8 Å². The fourth-order valence-electron chi connectivity index (χ4n) is 4.21. The van der Waals surface area contributed by atoms with Crippen molar-refractivity contribution in [2.24, 2.45) is 5.73 Å². The third-order valence-corrected chi connectivity index (χ3v) is 5.75.